The number of carbonyl (C=O) groups is 1. The summed E-state index contributed by atoms with van der Waals surface area (Å²) in [5, 5.41) is 10.5. The number of anilines is 2. The minimum absolute atomic E-state index is 0.0633. The molecule has 14 heteroatoms. The lowest BCUT2D eigenvalue weighted by Crippen LogP contribution is -2.35. The number of thiophene rings is 1. The molecule has 33 heavy (non-hydrogen) atoms. The van der Waals surface area contributed by atoms with Crippen molar-refractivity contribution in [2.24, 2.45) is 0 Å². The maximum absolute atomic E-state index is 13.8. The highest BCUT2D eigenvalue weighted by molar-refractivity contribution is 7.10. The van der Waals surface area contributed by atoms with Crippen LogP contribution < -0.4 is 15.4 Å². The van der Waals surface area contributed by atoms with E-state index in [4.69, 9.17) is 11.6 Å². The van der Waals surface area contributed by atoms with Crippen LogP contribution in [-0.4, -0.2) is 28.2 Å². The van der Waals surface area contributed by atoms with Crippen molar-refractivity contribution in [3.8, 4) is 5.75 Å². The van der Waals surface area contributed by atoms with Gasteiger partial charge in [0.15, 0.2) is 11.7 Å². The van der Waals surface area contributed by atoms with Gasteiger partial charge in [-0.15, -0.1) is 24.5 Å². The topological polar surface area (TPSA) is 68.2 Å². The molecule has 2 N–H and O–H groups in total. The number of aromatic nitrogens is 2. The number of fused-ring (bicyclic) bond motifs is 1. The Bertz CT molecular complexity index is 1140. The quantitative estimate of drug-likeness (QED) is 0.398. The first-order chi connectivity index (χ1) is 15.4. The summed E-state index contributed by atoms with van der Waals surface area (Å²) in [5.41, 5.74) is -0.399. The van der Waals surface area contributed by atoms with Crippen LogP contribution in [0.15, 0.2) is 41.8 Å². The Morgan fingerprint density at radius 2 is 1.88 bits per heavy atom. The molecule has 0 aliphatic carbocycles. The third-order valence-corrected chi connectivity index (χ3v) is 6.09. The number of nitrogens with one attached hydrogen (secondary N) is 2. The van der Waals surface area contributed by atoms with Gasteiger partial charge in [0, 0.05) is 17.0 Å². The standard InChI is InChI=1S/C19H13ClF6N4O2S/c20-14-15(17(31)27-9-3-5-10(6-4-9)32-19(24,25)26)29-30-13(18(21,22)23)8-11(28-16(14)30)12-2-1-7-33-12/h1-7,11,13,28H,8H2,(H,27,31)/t11-,13-/m1/s1. The molecule has 1 aromatic carbocycles. The summed E-state index contributed by atoms with van der Waals surface area (Å²) in [6, 6.07) is 4.90. The minimum atomic E-state index is -4.88. The lowest BCUT2D eigenvalue weighted by molar-refractivity contribution is -0.274. The predicted molar refractivity (Wildman–Crippen MR) is 109 cm³/mol. The molecule has 176 valence electrons. The largest absolute Gasteiger partial charge is 0.573 e. The Morgan fingerprint density at radius 1 is 1.18 bits per heavy atom. The van der Waals surface area contributed by atoms with E-state index in [1.807, 2.05) is 0 Å². The summed E-state index contributed by atoms with van der Waals surface area (Å²) in [6.45, 7) is 0. The van der Waals surface area contributed by atoms with E-state index < -0.39 is 42.0 Å². The Balaban J connectivity index is 1.59. The maximum atomic E-state index is 13.8. The number of halogens is 7. The maximum Gasteiger partial charge on any atom is 0.573 e. The van der Waals surface area contributed by atoms with E-state index >= 15 is 0 Å². The number of amides is 1. The van der Waals surface area contributed by atoms with Crippen LogP contribution in [0.3, 0.4) is 0 Å². The molecule has 3 aromatic rings. The molecule has 0 unspecified atom stereocenters. The second-order valence-electron chi connectivity index (χ2n) is 6.99. The van der Waals surface area contributed by atoms with Crippen molar-refractivity contribution in [1.82, 2.24) is 9.78 Å². The normalized spacial score (nSPS) is 18.4. The first-order valence-corrected chi connectivity index (χ1v) is 10.5. The molecule has 3 heterocycles. The molecule has 1 aliphatic rings. The SMILES string of the molecule is O=C(Nc1ccc(OC(F)(F)F)cc1)c1nn2c(c1Cl)N[C@@H](c1cccs1)C[C@@H]2C(F)(F)F. The molecule has 1 aliphatic heterocycles. The van der Waals surface area contributed by atoms with Crippen molar-refractivity contribution in [1.29, 1.82) is 0 Å². The van der Waals surface area contributed by atoms with Gasteiger partial charge < -0.3 is 15.4 Å². The van der Waals surface area contributed by atoms with Crippen LogP contribution >= 0.6 is 22.9 Å². The van der Waals surface area contributed by atoms with Gasteiger partial charge in [-0.3, -0.25) is 4.79 Å². The lowest BCUT2D eigenvalue weighted by atomic mass is 10.0. The summed E-state index contributed by atoms with van der Waals surface area (Å²) in [7, 11) is 0. The fourth-order valence-corrected chi connectivity index (χ4v) is 4.40. The summed E-state index contributed by atoms with van der Waals surface area (Å²) in [5.74, 6) is -1.59. The molecular formula is C19H13ClF6N4O2S. The molecule has 0 bridgehead atoms. The number of ether oxygens (including phenoxy) is 1. The number of hydrogen-bond donors (Lipinski definition) is 2. The first kappa shape index (κ1) is 23.2. The van der Waals surface area contributed by atoms with E-state index in [9.17, 15) is 31.1 Å². The van der Waals surface area contributed by atoms with Gasteiger partial charge in [-0.1, -0.05) is 17.7 Å². The van der Waals surface area contributed by atoms with E-state index in [2.05, 4.69) is 20.5 Å². The number of carbonyl (C=O) groups excluding carboxylic acids is 1. The van der Waals surface area contributed by atoms with E-state index in [0.717, 1.165) is 24.3 Å². The van der Waals surface area contributed by atoms with Crippen LogP contribution in [0.5, 0.6) is 5.75 Å². The van der Waals surface area contributed by atoms with Gasteiger partial charge in [0.05, 0.1) is 6.04 Å². The van der Waals surface area contributed by atoms with Crippen LogP contribution in [0, 0.1) is 0 Å². The first-order valence-electron chi connectivity index (χ1n) is 9.24. The molecule has 2 aromatic heterocycles. The molecule has 4 rings (SSSR count). The van der Waals surface area contributed by atoms with Gasteiger partial charge in [-0.2, -0.15) is 18.3 Å². The van der Waals surface area contributed by atoms with Crippen molar-refractivity contribution in [2.75, 3.05) is 10.6 Å². The van der Waals surface area contributed by atoms with Gasteiger partial charge in [0.1, 0.15) is 16.6 Å². The van der Waals surface area contributed by atoms with Crippen molar-refractivity contribution < 1.29 is 35.9 Å². The molecule has 2 atom stereocenters. The zero-order chi connectivity index (χ0) is 24.0. The smallest absolute Gasteiger partial charge is 0.406 e. The fraction of sp³-hybridized carbons (Fsp3) is 0.263. The van der Waals surface area contributed by atoms with E-state index in [0.29, 0.717) is 9.56 Å². The van der Waals surface area contributed by atoms with E-state index in [1.54, 1.807) is 17.5 Å². The van der Waals surface area contributed by atoms with E-state index in [-0.39, 0.29) is 22.9 Å². The average molecular weight is 511 g/mol. The third-order valence-electron chi connectivity index (χ3n) is 4.74. The van der Waals surface area contributed by atoms with Crippen LogP contribution in [0.2, 0.25) is 5.02 Å². The van der Waals surface area contributed by atoms with Crippen molar-refractivity contribution >= 4 is 40.4 Å². The van der Waals surface area contributed by atoms with Gasteiger partial charge in [-0.05, 0) is 35.7 Å². The molecule has 1 amide bonds. The number of nitrogens with zero attached hydrogens (tertiary/aromatic N) is 2. The van der Waals surface area contributed by atoms with Gasteiger partial charge in [-0.25, -0.2) is 4.68 Å². The minimum Gasteiger partial charge on any atom is -0.406 e. The Morgan fingerprint density at radius 3 is 2.45 bits per heavy atom. The number of hydrogen-bond acceptors (Lipinski definition) is 5. The molecule has 0 saturated carbocycles. The second kappa shape index (κ2) is 8.45. The Kier molecular flexibility index (Phi) is 5.95. The van der Waals surface area contributed by atoms with Crippen molar-refractivity contribution in [2.45, 2.75) is 31.0 Å². The molecule has 0 radical (unpaired) electrons. The molecule has 0 saturated heterocycles. The van der Waals surface area contributed by atoms with Crippen molar-refractivity contribution in [3.05, 3.63) is 57.4 Å². The molecule has 0 spiro atoms. The van der Waals surface area contributed by atoms with Gasteiger partial charge in [0.2, 0.25) is 0 Å². The van der Waals surface area contributed by atoms with Crippen LogP contribution in [-0.2, 0) is 0 Å². The summed E-state index contributed by atoms with van der Waals surface area (Å²) >= 11 is 7.51. The fourth-order valence-electron chi connectivity index (χ4n) is 3.34. The number of alkyl halides is 6. The lowest BCUT2D eigenvalue weighted by Gasteiger charge is -2.32. The highest BCUT2D eigenvalue weighted by Crippen LogP contribution is 2.46. The van der Waals surface area contributed by atoms with Gasteiger partial charge in [0.25, 0.3) is 5.91 Å². The molecule has 0 fully saturated rings. The second-order valence-corrected chi connectivity index (χ2v) is 8.34. The number of rotatable bonds is 4. The Hall–Kier alpha value is -2.93. The highest BCUT2D eigenvalue weighted by atomic mass is 35.5. The van der Waals surface area contributed by atoms with E-state index in [1.165, 1.54) is 11.3 Å². The van der Waals surface area contributed by atoms with Gasteiger partial charge >= 0.3 is 12.5 Å². The zero-order valence-electron chi connectivity index (χ0n) is 16.2. The zero-order valence-corrected chi connectivity index (χ0v) is 17.7. The predicted octanol–water partition coefficient (Wildman–Crippen LogP) is 6.41. The number of benzene rings is 1. The summed E-state index contributed by atoms with van der Waals surface area (Å²) in [4.78, 5) is 13.3. The summed E-state index contributed by atoms with van der Waals surface area (Å²) in [6.07, 6.45) is -9.88. The molecule has 6 nitrogen and oxygen atoms in total. The van der Waals surface area contributed by atoms with Crippen molar-refractivity contribution in [3.63, 3.8) is 0 Å². The summed E-state index contributed by atoms with van der Waals surface area (Å²) < 4.78 is 82.4. The average Bonchev–Trinajstić information content (AvgIpc) is 3.36. The monoisotopic (exact) mass is 510 g/mol. The van der Waals surface area contributed by atoms with Crippen LogP contribution in [0.4, 0.5) is 37.8 Å². The highest BCUT2D eigenvalue weighted by Gasteiger charge is 2.48. The molecular weight excluding hydrogens is 498 g/mol. The van der Waals surface area contributed by atoms with Crippen LogP contribution in [0.1, 0.15) is 33.9 Å². The third kappa shape index (κ3) is 5.03. The Labute approximate surface area is 191 Å². The van der Waals surface area contributed by atoms with Crippen LogP contribution in [0.25, 0.3) is 0 Å².